The van der Waals surface area contributed by atoms with Gasteiger partial charge in [-0.3, -0.25) is 9.78 Å². The number of piperazine rings is 1. The Labute approximate surface area is 253 Å². The van der Waals surface area contributed by atoms with Gasteiger partial charge in [-0.05, 0) is 29.8 Å². The number of amides is 2. The van der Waals surface area contributed by atoms with Crippen LogP contribution in [0.1, 0.15) is 28.8 Å². The molecule has 3 aromatic heterocycles. The Bertz CT molecular complexity index is 2120. The Hall–Kier alpha value is -5.05. The number of anilines is 1. The first-order chi connectivity index (χ1) is 21.7. The number of nitrogens with one attached hydrogen (secondary N) is 1. The fraction of sp³-hybridized carbons (Fsp3) is 0.286. The van der Waals surface area contributed by atoms with E-state index >= 15 is 0 Å². The number of carbonyl (C=O) groups is 2. The molecule has 1 unspecified atom stereocenters. The number of pyridine rings is 1. The fourth-order valence-electron chi connectivity index (χ4n) is 7.81. The summed E-state index contributed by atoms with van der Waals surface area (Å²) in [7, 11) is 0. The summed E-state index contributed by atoms with van der Waals surface area (Å²) in [6.07, 6.45) is 4.55. The summed E-state index contributed by atoms with van der Waals surface area (Å²) in [5.41, 5.74) is 7.55. The van der Waals surface area contributed by atoms with Crippen molar-refractivity contribution in [2.45, 2.75) is 38.6 Å². The molecule has 2 amide bonds. The normalized spacial score (nSPS) is 18.5. The lowest BCUT2D eigenvalue weighted by Gasteiger charge is -2.36. The van der Waals surface area contributed by atoms with Crippen LogP contribution in [0.2, 0.25) is 0 Å². The molecular formula is C35H32N6O3. The molecule has 6 aromatic rings. The quantitative estimate of drug-likeness (QED) is 0.284. The fourth-order valence-corrected chi connectivity index (χ4v) is 7.81. The molecule has 1 atom stereocenters. The SMILES string of the molecule is O=C1NCc2c1c1c3ccccc3n3c1c1c2c2ccccc2n1CCC(OC(=O)N1CCN(c2ccncc2)CC1)CC3. The third-order valence-corrected chi connectivity index (χ3v) is 9.86. The van der Waals surface area contributed by atoms with Gasteiger partial charge in [-0.2, -0.15) is 0 Å². The van der Waals surface area contributed by atoms with Gasteiger partial charge in [0.25, 0.3) is 5.91 Å². The highest BCUT2D eigenvalue weighted by Crippen LogP contribution is 2.45. The van der Waals surface area contributed by atoms with Crippen LogP contribution in [-0.2, 0) is 24.4 Å². The lowest BCUT2D eigenvalue weighted by atomic mass is 9.97. The molecule has 0 saturated carbocycles. The molecule has 3 aromatic carbocycles. The Morgan fingerprint density at radius 1 is 0.773 bits per heavy atom. The van der Waals surface area contributed by atoms with Crippen molar-refractivity contribution in [2.75, 3.05) is 31.1 Å². The number of aryl methyl sites for hydroxylation is 2. The third-order valence-electron chi connectivity index (χ3n) is 9.86. The molecule has 9 nitrogen and oxygen atoms in total. The lowest BCUT2D eigenvalue weighted by Crippen LogP contribution is -2.49. The van der Waals surface area contributed by atoms with Gasteiger partial charge in [0.15, 0.2) is 0 Å². The highest BCUT2D eigenvalue weighted by atomic mass is 16.6. The second-order valence-electron chi connectivity index (χ2n) is 12.1. The largest absolute Gasteiger partial charge is 0.446 e. The van der Waals surface area contributed by atoms with E-state index in [4.69, 9.17) is 4.74 Å². The Morgan fingerprint density at radius 2 is 1.39 bits per heavy atom. The number of para-hydroxylation sites is 2. The Balaban J connectivity index is 1.11. The summed E-state index contributed by atoms with van der Waals surface area (Å²) in [6.45, 7) is 4.71. The number of fused-ring (bicyclic) bond motifs is 9. The minimum absolute atomic E-state index is 0.00246. The maximum atomic E-state index is 13.5. The van der Waals surface area contributed by atoms with Crippen molar-refractivity contribution >= 4 is 61.3 Å². The van der Waals surface area contributed by atoms with Crippen LogP contribution in [0.4, 0.5) is 10.5 Å². The number of rotatable bonds is 2. The average Bonchev–Trinajstić information content (AvgIpc) is 3.73. The molecule has 0 aliphatic carbocycles. The van der Waals surface area contributed by atoms with Crippen LogP contribution in [0.3, 0.4) is 0 Å². The third kappa shape index (κ3) is 3.68. The number of hydrogen-bond acceptors (Lipinski definition) is 5. The monoisotopic (exact) mass is 584 g/mol. The predicted octanol–water partition coefficient (Wildman–Crippen LogP) is 5.66. The van der Waals surface area contributed by atoms with Crippen LogP contribution < -0.4 is 10.2 Å². The van der Waals surface area contributed by atoms with E-state index in [-0.39, 0.29) is 18.1 Å². The maximum Gasteiger partial charge on any atom is 0.410 e. The van der Waals surface area contributed by atoms with Gasteiger partial charge < -0.3 is 29.0 Å². The molecule has 220 valence electrons. The number of ether oxygens (including phenoxy) is 1. The van der Waals surface area contributed by atoms with Crippen LogP contribution in [0.25, 0.3) is 43.6 Å². The molecule has 1 fully saturated rings. The summed E-state index contributed by atoms with van der Waals surface area (Å²) in [6, 6.07) is 20.9. The molecule has 1 N–H and O–H groups in total. The van der Waals surface area contributed by atoms with E-state index in [9.17, 15) is 9.59 Å². The topological polar surface area (TPSA) is 84.6 Å². The molecule has 9 heteroatoms. The maximum absolute atomic E-state index is 13.5. The van der Waals surface area contributed by atoms with Gasteiger partial charge in [0.2, 0.25) is 0 Å². The van der Waals surface area contributed by atoms with Gasteiger partial charge in [-0.15, -0.1) is 0 Å². The molecule has 1 saturated heterocycles. The first-order valence-electron chi connectivity index (χ1n) is 15.5. The van der Waals surface area contributed by atoms with Crippen molar-refractivity contribution in [3.8, 4) is 0 Å². The highest BCUT2D eigenvalue weighted by Gasteiger charge is 2.33. The van der Waals surface area contributed by atoms with Crippen molar-refractivity contribution in [3.05, 3.63) is 84.2 Å². The Morgan fingerprint density at radius 3 is 2.07 bits per heavy atom. The zero-order valence-electron chi connectivity index (χ0n) is 24.3. The molecule has 9 rings (SSSR count). The minimum Gasteiger partial charge on any atom is -0.446 e. The first-order valence-corrected chi connectivity index (χ1v) is 15.5. The number of benzene rings is 3. The van der Waals surface area contributed by atoms with Gasteiger partial charge in [0, 0.05) is 109 Å². The number of nitrogens with zero attached hydrogens (tertiary/aromatic N) is 5. The Kier molecular flexibility index (Phi) is 5.63. The lowest BCUT2D eigenvalue weighted by molar-refractivity contribution is 0.0505. The number of aromatic nitrogens is 3. The zero-order chi connectivity index (χ0) is 29.4. The summed E-state index contributed by atoms with van der Waals surface area (Å²) in [5, 5.41) is 7.58. The van der Waals surface area contributed by atoms with Crippen LogP contribution in [-0.4, -0.2) is 63.3 Å². The van der Waals surface area contributed by atoms with Gasteiger partial charge in [0.1, 0.15) is 6.10 Å². The molecule has 0 spiro atoms. The van der Waals surface area contributed by atoms with Crippen LogP contribution >= 0.6 is 0 Å². The zero-order valence-corrected chi connectivity index (χ0v) is 24.3. The average molecular weight is 585 g/mol. The van der Waals surface area contributed by atoms with Crippen LogP contribution in [0.5, 0.6) is 0 Å². The molecule has 3 aliphatic heterocycles. The number of carbonyl (C=O) groups excluding carboxylic acids is 2. The molecule has 0 radical (unpaired) electrons. The summed E-state index contributed by atoms with van der Waals surface area (Å²) in [4.78, 5) is 35.1. The first kappa shape index (κ1) is 25.4. The number of hydrogen-bond donors (Lipinski definition) is 1. The minimum atomic E-state index is -0.238. The van der Waals surface area contributed by atoms with Gasteiger partial charge in [0.05, 0.1) is 16.6 Å². The molecule has 6 heterocycles. The molecule has 44 heavy (non-hydrogen) atoms. The van der Waals surface area contributed by atoms with Crippen molar-refractivity contribution < 1.29 is 14.3 Å². The van der Waals surface area contributed by atoms with Gasteiger partial charge in [-0.25, -0.2) is 4.79 Å². The molecular weight excluding hydrogens is 552 g/mol. The van der Waals surface area contributed by atoms with Crippen molar-refractivity contribution in [3.63, 3.8) is 0 Å². The van der Waals surface area contributed by atoms with E-state index in [2.05, 4.69) is 72.9 Å². The van der Waals surface area contributed by atoms with E-state index in [1.54, 1.807) is 12.4 Å². The standard InChI is InChI=1S/C35H32N6O3/c42-34-31-26(21-37-34)29-24-5-1-3-7-27(24)40-15-11-23(12-16-41-28-8-4-2-6-25(28)30(31)33(41)32(29)40)44-35(43)39-19-17-38(18-20-39)22-9-13-36-14-10-22/h1-10,13-14,23H,11-12,15-21H2,(H,37,42). The van der Waals surface area contributed by atoms with Crippen molar-refractivity contribution in [1.29, 1.82) is 0 Å². The van der Waals surface area contributed by atoms with Gasteiger partial charge >= 0.3 is 6.09 Å². The van der Waals surface area contributed by atoms with E-state index < -0.39 is 0 Å². The van der Waals surface area contributed by atoms with Gasteiger partial charge in [-0.1, -0.05) is 36.4 Å². The molecule has 3 aliphatic rings. The highest BCUT2D eigenvalue weighted by molar-refractivity contribution is 6.30. The van der Waals surface area contributed by atoms with E-state index in [0.717, 1.165) is 74.4 Å². The second-order valence-corrected chi connectivity index (χ2v) is 12.1. The summed E-state index contributed by atoms with van der Waals surface area (Å²) in [5.74, 6) is -0.00246. The van der Waals surface area contributed by atoms with E-state index in [1.807, 2.05) is 17.0 Å². The predicted molar refractivity (Wildman–Crippen MR) is 171 cm³/mol. The van der Waals surface area contributed by atoms with Crippen molar-refractivity contribution in [1.82, 2.24) is 24.3 Å². The summed E-state index contributed by atoms with van der Waals surface area (Å²) >= 11 is 0. The molecule has 0 bridgehead atoms. The summed E-state index contributed by atoms with van der Waals surface area (Å²) < 4.78 is 11.1. The van der Waals surface area contributed by atoms with E-state index in [1.165, 1.54) is 5.52 Å². The van der Waals surface area contributed by atoms with E-state index in [0.29, 0.717) is 39.1 Å². The smallest absolute Gasteiger partial charge is 0.410 e. The second kappa shape index (κ2) is 9.74. The van der Waals surface area contributed by atoms with Crippen LogP contribution in [0.15, 0.2) is 73.1 Å². The van der Waals surface area contributed by atoms with Crippen LogP contribution in [0, 0.1) is 0 Å². The van der Waals surface area contributed by atoms with Crippen molar-refractivity contribution in [2.24, 2.45) is 0 Å².